The minimum absolute atomic E-state index is 0.119. The molecule has 2 aliphatic rings. The zero-order valence-electron chi connectivity index (χ0n) is 15.0. The number of nitrogens with one attached hydrogen (secondary N) is 1. The van der Waals surface area contributed by atoms with Crippen molar-refractivity contribution >= 4 is 5.91 Å². The van der Waals surface area contributed by atoms with Gasteiger partial charge in [-0.3, -0.25) is 4.79 Å². The number of rotatable bonds is 7. The molecular weight excluding hydrogens is 341 g/mol. The Bertz CT molecular complexity index is 613. The quantitative estimate of drug-likeness (QED) is 0.788. The minimum atomic E-state index is -4.29. The Hall–Kier alpha value is -1.56. The van der Waals surface area contributed by atoms with Crippen molar-refractivity contribution < 1.29 is 18.0 Å². The lowest BCUT2D eigenvalue weighted by atomic mass is 9.90. The fraction of sp³-hybridized carbons (Fsp3) is 0.650. The molecule has 2 fully saturated rings. The minimum Gasteiger partial charge on any atom is -0.353 e. The molecule has 1 aromatic rings. The average Bonchev–Trinajstić information content (AvgIpc) is 3.42. The first kappa shape index (κ1) is 19.2. The number of carbonyl (C=O) groups excluding carboxylic acids is 1. The second-order valence-corrected chi connectivity index (χ2v) is 7.59. The number of hydrogen-bond donors (Lipinski definition) is 1. The van der Waals surface area contributed by atoms with Gasteiger partial charge in [0.25, 0.3) is 0 Å². The molecule has 1 aliphatic carbocycles. The number of amides is 1. The largest absolute Gasteiger partial charge is 0.416 e. The Kier molecular flexibility index (Phi) is 6.22. The Labute approximate surface area is 152 Å². The summed E-state index contributed by atoms with van der Waals surface area (Å²) in [5, 5.41) is 3.00. The summed E-state index contributed by atoms with van der Waals surface area (Å²) in [4.78, 5) is 14.1. The molecule has 26 heavy (non-hydrogen) atoms. The lowest BCUT2D eigenvalue weighted by Crippen LogP contribution is -2.38. The first-order valence-corrected chi connectivity index (χ1v) is 9.58. The summed E-state index contributed by atoms with van der Waals surface area (Å²) in [5.41, 5.74) is -0.120. The van der Waals surface area contributed by atoms with Gasteiger partial charge in [-0.2, -0.15) is 13.2 Å². The molecule has 0 radical (unpaired) electrons. The number of piperidine rings is 1. The average molecular weight is 368 g/mol. The van der Waals surface area contributed by atoms with Gasteiger partial charge < -0.3 is 10.2 Å². The van der Waals surface area contributed by atoms with E-state index in [-0.39, 0.29) is 5.91 Å². The van der Waals surface area contributed by atoms with Crippen molar-refractivity contribution in [2.45, 2.75) is 57.2 Å². The molecule has 1 aliphatic heterocycles. The lowest BCUT2D eigenvalue weighted by Gasteiger charge is -2.32. The van der Waals surface area contributed by atoms with Crippen LogP contribution in [-0.4, -0.2) is 36.5 Å². The predicted molar refractivity (Wildman–Crippen MR) is 94.7 cm³/mol. The van der Waals surface area contributed by atoms with E-state index in [2.05, 4.69) is 10.2 Å². The van der Waals surface area contributed by atoms with E-state index < -0.39 is 11.7 Å². The monoisotopic (exact) mass is 368 g/mol. The summed E-state index contributed by atoms with van der Waals surface area (Å²) in [5.74, 6) is 0.519. The fourth-order valence-corrected chi connectivity index (χ4v) is 3.75. The van der Waals surface area contributed by atoms with Gasteiger partial charge in [0.05, 0.1) is 5.56 Å². The first-order valence-electron chi connectivity index (χ1n) is 9.58. The highest BCUT2D eigenvalue weighted by atomic mass is 19.4. The van der Waals surface area contributed by atoms with Gasteiger partial charge in [-0.1, -0.05) is 18.2 Å². The van der Waals surface area contributed by atoms with Gasteiger partial charge in [-0.15, -0.1) is 0 Å². The number of carbonyl (C=O) groups is 1. The smallest absolute Gasteiger partial charge is 0.353 e. The maximum atomic E-state index is 13.1. The van der Waals surface area contributed by atoms with E-state index in [0.717, 1.165) is 51.7 Å². The molecule has 0 aromatic heterocycles. The summed E-state index contributed by atoms with van der Waals surface area (Å²) >= 11 is 0. The number of halogens is 3. The van der Waals surface area contributed by atoms with E-state index in [0.29, 0.717) is 30.4 Å². The zero-order valence-corrected chi connectivity index (χ0v) is 15.0. The third kappa shape index (κ3) is 5.73. The molecule has 1 N–H and O–H groups in total. The van der Waals surface area contributed by atoms with Crippen LogP contribution in [0.1, 0.15) is 49.7 Å². The third-order valence-electron chi connectivity index (χ3n) is 5.35. The van der Waals surface area contributed by atoms with Crippen molar-refractivity contribution in [3.63, 3.8) is 0 Å². The van der Waals surface area contributed by atoms with Gasteiger partial charge in [0.2, 0.25) is 5.91 Å². The molecule has 144 valence electrons. The molecule has 1 amide bonds. The number of hydrogen-bond acceptors (Lipinski definition) is 2. The number of aryl methyl sites for hydroxylation is 1. The van der Waals surface area contributed by atoms with E-state index in [1.807, 2.05) is 0 Å². The van der Waals surface area contributed by atoms with Crippen LogP contribution in [0.25, 0.3) is 0 Å². The van der Waals surface area contributed by atoms with Gasteiger partial charge in [0.15, 0.2) is 0 Å². The molecule has 3 nitrogen and oxygen atoms in total. The Morgan fingerprint density at radius 2 is 1.96 bits per heavy atom. The zero-order chi connectivity index (χ0) is 18.6. The third-order valence-corrected chi connectivity index (χ3v) is 5.35. The summed E-state index contributed by atoms with van der Waals surface area (Å²) in [6, 6.07) is 6.27. The normalized spacial score (nSPS) is 21.6. The van der Waals surface area contributed by atoms with Crippen LogP contribution in [0.2, 0.25) is 0 Å². The van der Waals surface area contributed by atoms with Gasteiger partial charge in [-0.25, -0.2) is 0 Å². The highest BCUT2D eigenvalue weighted by Crippen LogP contribution is 2.33. The topological polar surface area (TPSA) is 32.3 Å². The van der Waals surface area contributed by atoms with Crippen LogP contribution in [0, 0.1) is 5.92 Å². The van der Waals surface area contributed by atoms with Gasteiger partial charge in [-0.05, 0) is 62.6 Å². The molecule has 1 saturated carbocycles. The van der Waals surface area contributed by atoms with Gasteiger partial charge in [0, 0.05) is 25.6 Å². The molecule has 0 bridgehead atoms. The second-order valence-electron chi connectivity index (χ2n) is 7.59. The maximum absolute atomic E-state index is 13.1. The van der Waals surface area contributed by atoms with E-state index >= 15 is 0 Å². The van der Waals surface area contributed by atoms with Crippen LogP contribution in [0.3, 0.4) is 0 Å². The SMILES string of the molecule is O=C(CCN1CCC[C@@H](CCc2ccccc2C(F)(F)F)C1)NC1CC1. The number of likely N-dealkylation sites (tertiary alicyclic amines) is 1. The van der Waals surface area contributed by atoms with E-state index in [1.54, 1.807) is 12.1 Å². The van der Waals surface area contributed by atoms with Crippen LogP contribution in [0.15, 0.2) is 24.3 Å². The van der Waals surface area contributed by atoms with Crippen LogP contribution in [0.5, 0.6) is 0 Å². The fourth-order valence-electron chi connectivity index (χ4n) is 3.75. The molecule has 6 heteroatoms. The van der Waals surface area contributed by atoms with Crippen LogP contribution in [-0.2, 0) is 17.4 Å². The van der Waals surface area contributed by atoms with Crippen molar-refractivity contribution in [3.05, 3.63) is 35.4 Å². The predicted octanol–water partition coefficient (Wildman–Crippen LogP) is 4.02. The molecule has 1 saturated heterocycles. The molecular formula is C20H27F3N2O. The molecule has 1 heterocycles. The van der Waals surface area contributed by atoms with Crippen molar-refractivity contribution in [2.24, 2.45) is 5.92 Å². The number of benzene rings is 1. The molecule has 0 unspecified atom stereocenters. The van der Waals surface area contributed by atoms with Crippen molar-refractivity contribution in [1.82, 2.24) is 10.2 Å². The second kappa shape index (κ2) is 8.42. The summed E-state index contributed by atoms with van der Waals surface area (Å²) in [6.07, 6.45) is 1.74. The molecule has 1 aromatic carbocycles. The molecule has 1 atom stereocenters. The summed E-state index contributed by atoms with van der Waals surface area (Å²) < 4.78 is 39.3. The maximum Gasteiger partial charge on any atom is 0.416 e. The van der Waals surface area contributed by atoms with Crippen molar-refractivity contribution in [1.29, 1.82) is 0 Å². The van der Waals surface area contributed by atoms with Gasteiger partial charge in [0.1, 0.15) is 0 Å². The highest BCUT2D eigenvalue weighted by Gasteiger charge is 2.33. The Balaban J connectivity index is 1.46. The molecule has 3 rings (SSSR count). The van der Waals surface area contributed by atoms with E-state index in [4.69, 9.17) is 0 Å². The van der Waals surface area contributed by atoms with Crippen molar-refractivity contribution in [2.75, 3.05) is 19.6 Å². The van der Waals surface area contributed by atoms with Crippen LogP contribution < -0.4 is 5.32 Å². The van der Waals surface area contributed by atoms with Crippen molar-refractivity contribution in [3.8, 4) is 0 Å². The van der Waals surface area contributed by atoms with Crippen LogP contribution in [0.4, 0.5) is 13.2 Å². The Morgan fingerprint density at radius 3 is 2.69 bits per heavy atom. The van der Waals surface area contributed by atoms with E-state index in [9.17, 15) is 18.0 Å². The Morgan fingerprint density at radius 1 is 1.19 bits per heavy atom. The standard InChI is InChI=1S/C20H27F3N2O/c21-20(22,23)18-6-2-1-5-16(18)8-7-15-4-3-12-25(14-15)13-11-19(26)24-17-9-10-17/h1-2,5-6,15,17H,3-4,7-14H2,(H,24,26)/t15-/m0/s1. The highest BCUT2D eigenvalue weighted by molar-refractivity contribution is 5.76. The molecule has 0 spiro atoms. The lowest BCUT2D eigenvalue weighted by molar-refractivity contribution is -0.138. The first-order chi connectivity index (χ1) is 12.4. The number of alkyl halides is 3. The van der Waals surface area contributed by atoms with E-state index in [1.165, 1.54) is 12.1 Å². The number of nitrogens with zero attached hydrogens (tertiary/aromatic N) is 1. The van der Waals surface area contributed by atoms with Gasteiger partial charge >= 0.3 is 6.18 Å². The summed E-state index contributed by atoms with van der Waals surface area (Å²) in [6.45, 7) is 2.60. The van der Waals surface area contributed by atoms with Crippen LogP contribution >= 0.6 is 0 Å². The summed E-state index contributed by atoms with van der Waals surface area (Å²) in [7, 11) is 0.